The second kappa shape index (κ2) is 7.23. The Kier molecular flexibility index (Phi) is 4.85. The molecule has 1 unspecified atom stereocenters. The number of aromatic nitrogens is 2. The Morgan fingerprint density at radius 2 is 2.19 bits per heavy atom. The van der Waals surface area contributed by atoms with Crippen molar-refractivity contribution in [1.29, 1.82) is 5.26 Å². The van der Waals surface area contributed by atoms with Gasteiger partial charge in [-0.25, -0.2) is 4.68 Å². The van der Waals surface area contributed by atoms with Gasteiger partial charge < -0.3 is 9.47 Å². The lowest BCUT2D eigenvalue weighted by molar-refractivity contribution is 0.0917. The van der Waals surface area contributed by atoms with Crippen LogP contribution in [-0.4, -0.2) is 28.7 Å². The lowest BCUT2D eigenvalue weighted by atomic mass is 9.84. The summed E-state index contributed by atoms with van der Waals surface area (Å²) >= 11 is 0. The number of fused-ring (bicyclic) bond motifs is 1. The number of ether oxygens (including phenoxy) is 2. The fraction of sp³-hybridized carbons (Fsp3) is 0.263. The van der Waals surface area contributed by atoms with Crippen molar-refractivity contribution in [2.75, 3.05) is 6.61 Å². The van der Waals surface area contributed by atoms with Gasteiger partial charge in [-0.1, -0.05) is 30.3 Å². The third-order valence-corrected chi connectivity index (χ3v) is 4.09. The number of nitriles is 1. The highest BCUT2D eigenvalue weighted by Gasteiger charge is 2.36. The van der Waals surface area contributed by atoms with Crippen LogP contribution in [0.25, 0.3) is 0 Å². The standard InChI is InChI=1S/C19H18N4O3/c1-4-25-11-21-18-15(10-20)17(14-8-6-5-7-9-14)16-12(2)23(13(3)24)22-19(16)26-18/h5-9,11,17H,4H2,1-3H3/b21-11-. The SMILES string of the molecule is CCO/C=N\C1=C(C#N)C(c2ccccc2)c2c(nn(C(C)=O)c2C)O1. The smallest absolute Gasteiger partial charge is 0.245 e. The Labute approximate surface area is 151 Å². The molecule has 0 saturated carbocycles. The first kappa shape index (κ1) is 17.4. The van der Waals surface area contributed by atoms with Gasteiger partial charge in [0.15, 0.2) is 6.40 Å². The molecule has 1 aliphatic heterocycles. The van der Waals surface area contributed by atoms with Gasteiger partial charge in [-0.3, -0.25) is 4.79 Å². The topological polar surface area (TPSA) is 89.5 Å². The molecule has 3 rings (SSSR count). The molecule has 0 N–H and O–H groups in total. The van der Waals surface area contributed by atoms with E-state index in [0.29, 0.717) is 23.4 Å². The summed E-state index contributed by atoms with van der Waals surface area (Å²) in [5, 5.41) is 14.0. The molecular formula is C19H18N4O3. The van der Waals surface area contributed by atoms with Gasteiger partial charge in [0.2, 0.25) is 17.7 Å². The van der Waals surface area contributed by atoms with E-state index in [4.69, 9.17) is 9.47 Å². The molecule has 0 aliphatic carbocycles. The van der Waals surface area contributed by atoms with E-state index in [1.54, 1.807) is 6.92 Å². The molecule has 0 spiro atoms. The Morgan fingerprint density at radius 3 is 2.81 bits per heavy atom. The highest BCUT2D eigenvalue weighted by atomic mass is 16.5. The number of nitrogens with zero attached hydrogens (tertiary/aromatic N) is 4. The van der Waals surface area contributed by atoms with Crippen molar-refractivity contribution >= 4 is 12.3 Å². The first-order valence-electron chi connectivity index (χ1n) is 8.20. The number of allylic oxidation sites excluding steroid dienone is 1. The summed E-state index contributed by atoms with van der Waals surface area (Å²) < 4.78 is 12.2. The maximum absolute atomic E-state index is 11.9. The molecule has 26 heavy (non-hydrogen) atoms. The van der Waals surface area contributed by atoms with E-state index in [2.05, 4.69) is 16.2 Å². The summed E-state index contributed by atoms with van der Waals surface area (Å²) in [6.45, 7) is 5.49. The van der Waals surface area contributed by atoms with E-state index in [-0.39, 0.29) is 17.7 Å². The minimum Gasteiger partial charge on any atom is -0.483 e. The molecule has 0 fully saturated rings. The van der Waals surface area contributed by atoms with Gasteiger partial charge in [0.25, 0.3) is 0 Å². The monoisotopic (exact) mass is 350 g/mol. The molecular weight excluding hydrogens is 332 g/mol. The highest BCUT2D eigenvalue weighted by molar-refractivity contribution is 5.77. The van der Waals surface area contributed by atoms with Crippen LogP contribution in [0.4, 0.5) is 0 Å². The number of rotatable bonds is 4. The van der Waals surface area contributed by atoms with Crippen molar-refractivity contribution in [3.63, 3.8) is 0 Å². The molecule has 2 aromatic rings. The zero-order valence-electron chi connectivity index (χ0n) is 14.8. The molecule has 1 aromatic heterocycles. The van der Waals surface area contributed by atoms with Crippen molar-refractivity contribution in [3.05, 3.63) is 58.6 Å². The average molecular weight is 350 g/mol. The van der Waals surface area contributed by atoms with Crippen molar-refractivity contribution in [2.24, 2.45) is 4.99 Å². The largest absolute Gasteiger partial charge is 0.483 e. The van der Waals surface area contributed by atoms with E-state index in [1.807, 2.05) is 37.3 Å². The second-order valence-corrected chi connectivity index (χ2v) is 5.70. The van der Waals surface area contributed by atoms with Crippen LogP contribution in [0.15, 0.2) is 46.8 Å². The molecule has 0 radical (unpaired) electrons. The van der Waals surface area contributed by atoms with Gasteiger partial charge in [-0.05, 0) is 19.4 Å². The maximum Gasteiger partial charge on any atom is 0.245 e. The van der Waals surface area contributed by atoms with Gasteiger partial charge in [-0.15, -0.1) is 5.10 Å². The molecule has 0 amide bonds. The van der Waals surface area contributed by atoms with E-state index in [1.165, 1.54) is 18.0 Å². The summed E-state index contributed by atoms with van der Waals surface area (Å²) in [5.74, 6) is -0.262. The first-order valence-corrected chi connectivity index (χ1v) is 8.20. The fourth-order valence-corrected chi connectivity index (χ4v) is 2.96. The Balaban J connectivity index is 2.22. The third-order valence-electron chi connectivity index (χ3n) is 4.09. The van der Waals surface area contributed by atoms with Gasteiger partial charge in [0, 0.05) is 6.92 Å². The maximum atomic E-state index is 11.9. The molecule has 1 aliphatic rings. The number of benzene rings is 1. The molecule has 132 valence electrons. The van der Waals surface area contributed by atoms with Gasteiger partial charge in [0.1, 0.15) is 11.6 Å². The number of hydrogen-bond acceptors (Lipinski definition) is 6. The number of carbonyl (C=O) groups is 1. The van der Waals surface area contributed by atoms with Gasteiger partial charge in [-0.2, -0.15) is 10.3 Å². The van der Waals surface area contributed by atoms with Crippen LogP contribution in [0.3, 0.4) is 0 Å². The Hall–Kier alpha value is -3.40. The summed E-state index contributed by atoms with van der Waals surface area (Å²) in [5.41, 5.74) is 2.56. The molecule has 0 bridgehead atoms. The summed E-state index contributed by atoms with van der Waals surface area (Å²) in [4.78, 5) is 16.0. The summed E-state index contributed by atoms with van der Waals surface area (Å²) in [7, 11) is 0. The van der Waals surface area contributed by atoms with E-state index in [9.17, 15) is 10.1 Å². The van der Waals surface area contributed by atoms with Crippen molar-refractivity contribution in [1.82, 2.24) is 9.78 Å². The summed E-state index contributed by atoms with van der Waals surface area (Å²) in [6, 6.07) is 11.7. The molecule has 1 atom stereocenters. The average Bonchev–Trinajstić information content (AvgIpc) is 2.98. The van der Waals surface area contributed by atoms with Crippen LogP contribution in [0, 0.1) is 18.3 Å². The van der Waals surface area contributed by atoms with Crippen LogP contribution in [0.2, 0.25) is 0 Å². The lowest BCUT2D eigenvalue weighted by Gasteiger charge is -2.23. The van der Waals surface area contributed by atoms with Crippen LogP contribution < -0.4 is 4.74 Å². The summed E-state index contributed by atoms with van der Waals surface area (Å²) in [6.07, 6.45) is 1.24. The number of aliphatic imine (C=N–C) groups is 1. The zero-order valence-corrected chi connectivity index (χ0v) is 14.8. The predicted octanol–water partition coefficient (Wildman–Crippen LogP) is 3.18. The fourth-order valence-electron chi connectivity index (χ4n) is 2.96. The van der Waals surface area contributed by atoms with Crippen LogP contribution in [-0.2, 0) is 4.74 Å². The van der Waals surface area contributed by atoms with Crippen molar-refractivity contribution in [3.8, 4) is 11.9 Å². The predicted molar refractivity (Wildman–Crippen MR) is 94.9 cm³/mol. The van der Waals surface area contributed by atoms with Crippen LogP contribution in [0.1, 0.15) is 41.4 Å². The second-order valence-electron chi connectivity index (χ2n) is 5.70. The van der Waals surface area contributed by atoms with Crippen molar-refractivity contribution in [2.45, 2.75) is 26.7 Å². The van der Waals surface area contributed by atoms with Gasteiger partial charge in [0.05, 0.1) is 23.8 Å². The Morgan fingerprint density at radius 1 is 1.46 bits per heavy atom. The van der Waals surface area contributed by atoms with Gasteiger partial charge >= 0.3 is 0 Å². The molecule has 0 saturated heterocycles. The molecule has 1 aromatic carbocycles. The number of carbonyl (C=O) groups excluding carboxylic acids is 1. The molecule has 7 nitrogen and oxygen atoms in total. The number of hydrogen-bond donors (Lipinski definition) is 0. The van der Waals surface area contributed by atoms with Crippen molar-refractivity contribution < 1.29 is 14.3 Å². The minimum absolute atomic E-state index is 0.121. The van der Waals surface area contributed by atoms with E-state index >= 15 is 0 Å². The quantitative estimate of drug-likeness (QED) is 0.624. The highest BCUT2D eigenvalue weighted by Crippen LogP contribution is 2.44. The minimum atomic E-state index is -0.424. The normalized spacial score (nSPS) is 16.2. The lowest BCUT2D eigenvalue weighted by Crippen LogP contribution is -2.16. The first-order chi connectivity index (χ1) is 12.6. The third kappa shape index (κ3) is 2.97. The molecule has 2 heterocycles. The van der Waals surface area contributed by atoms with Crippen LogP contribution >= 0.6 is 0 Å². The van der Waals surface area contributed by atoms with Crippen LogP contribution in [0.5, 0.6) is 5.88 Å². The van der Waals surface area contributed by atoms with E-state index in [0.717, 1.165) is 5.56 Å². The zero-order chi connectivity index (χ0) is 18.7. The van der Waals surface area contributed by atoms with E-state index < -0.39 is 5.92 Å². The Bertz CT molecular complexity index is 936. The molecule has 7 heteroatoms.